The van der Waals surface area contributed by atoms with Crippen LogP contribution in [0.2, 0.25) is 5.02 Å². The van der Waals surface area contributed by atoms with E-state index in [1.54, 1.807) is 12.1 Å². The van der Waals surface area contributed by atoms with Crippen LogP contribution in [0.3, 0.4) is 0 Å². The van der Waals surface area contributed by atoms with Crippen molar-refractivity contribution < 1.29 is 9.90 Å². The number of rotatable bonds is 1. The molecule has 6 heteroatoms. The number of benzene rings is 1. The van der Waals surface area contributed by atoms with Crippen molar-refractivity contribution in [2.24, 2.45) is 0 Å². The molecule has 92 valence electrons. The highest BCUT2D eigenvalue weighted by molar-refractivity contribution is 6.33. The van der Waals surface area contributed by atoms with E-state index in [2.05, 4.69) is 4.90 Å². The van der Waals surface area contributed by atoms with Crippen LogP contribution in [0.25, 0.3) is 0 Å². The summed E-state index contributed by atoms with van der Waals surface area (Å²) < 4.78 is 0. The Morgan fingerprint density at radius 1 is 1.29 bits per heavy atom. The molecule has 0 unspecified atom stereocenters. The summed E-state index contributed by atoms with van der Waals surface area (Å²) in [5, 5.41) is 9.46. The van der Waals surface area contributed by atoms with Crippen molar-refractivity contribution in [3.8, 4) is 0 Å². The molecule has 1 saturated heterocycles. The average Bonchev–Trinajstić information content (AvgIpc) is 2.29. The second kappa shape index (κ2) is 4.71. The summed E-state index contributed by atoms with van der Waals surface area (Å²) in [6, 6.07) is 5.37. The summed E-state index contributed by atoms with van der Waals surface area (Å²) in [5.74, 6) is 0. The number of halogens is 1. The molecule has 17 heavy (non-hydrogen) atoms. The number of hydrogen-bond acceptors (Lipinski definition) is 3. The second-order valence-electron chi connectivity index (χ2n) is 3.97. The predicted octanol–water partition coefficient (Wildman–Crippen LogP) is 1.72. The zero-order valence-corrected chi connectivity index (χ0v) is 10.0. The van der Waals surface area contributed by atoms with Gasteiger partial charge < -0.3 is 20.6 Å². The number of nitrogens with zero attached hydrogens (tertiary/aromatic N) is 2. The Morgan fingerprint density at radius 3 is 2.47 bits per heavy atom. The Morgan fingerprint density at radius 2 is 1.94 bits per heavy atom. The third-order valence-corrected chi connectivity index (χ3v) is 3.17. The highest BCUT2D eigenvalue weighted by Gasteiger charge is 2.21. The molecule has 0 aliphatic carbocycles. The Hall–Kier alpha value is -1.62. The number of anilines is 2. The molecule has 1 aliphatic heterocycles. The molecule has 1 aromatic carbocycles. The molecule has 1 heterocycles. The number of nitrogen functional groups attached to an aromatic ring is 1. The Labute approximate surface area is 104 Å². The van der Waals surface area contributed by atoms with Crippen LogP contribution >= 0.6 is 11.6 Å². The van der Waals surface area contributed by atoms with Crippen LogP contribution in [-0.2, 0) is 0 Å². The van der Waals surface area contributed by atoms with Gasteiger partial charge in [-0.25, -0.2) is 4.79 Å². The quantitative estimate of drug-likeness (QED) is 0.750. The van der Waals surface area contributed by atoms with E-state index in [1.807, 2.05) is 6.07 Å². The van der Waals surface area contributed by atoms with Gasteiger partial charge in [-0.1, -0.05) is 11.6 Å². The van der Waals surface area contributed by atoms with Crippen molar-refractivity contribution in [3.05, 3.63) is 23.2 Å². The van der Waals surface area contributed by atoms with Crippen LogP contribution in [0.1, 0.15) is 0 Å². The van der Waals surface area contributed by atoms with Gasteiger partial charge in [0, 0.05) is 31.9 Å². The molecule has 5 nitrogen and oxygen atoms in total. The smallest absolute Gasteiger partial charge is 0.407 e. The molecular formula is C11H14ClN3O2. The van der Waals surface area contributed by atoms with Gasteiger partial charge in [-0.15, -0.1) is 0 Å². The van der Waals surface area contributed by atoms with Crippen molar-refractivity contribution in [1.82, 2.24) is 4.90 Å². The van der Waals surface area contributed by atoms with E-state index in [9.17, 15) is 4.79 Å². The molecule has 1 aromatic rings. The Balaban J connectivity index is 2.08. The summed E-state index contributed by atoms with van der Waals surface area (Å²) >= 11 is 6.11. The summed E-state index contributed by atoms with van der Waals surface area (Å²) in [6.07, 6.45) is -0.868. The van der Waals surface area contributed by atoms with Gasteiger partial charge in [0.2, 0.25) is 0 Å². The van der Waals surface area contributed by atoms with E-state index >= 15 is 0 Å². The molecular weight excluding hydrogens is 242 g/mol. The number of piperazine rings is 1. The van der Waals surface area contributed by atoms with E-state index in [1.165, 1.54) is 4.90 Å². The first kappa shape index (κ1) is 11.9. The molecule has 0 spiro atoms. The van der Waals surface area contributed by atoms with Crippen molar-refractivity contribution in [3.63, 3.8) is 0 Å². The van der Waals surface area contributed by atoms with Gasteiger partial charge in [0.05, 0.1) is 10.7 Å². The second-order valence-corrected chi connectivity index (χ2v) is 4.37. The van der Waals surface area contributed by atoms with Gasteiger partial charge in [0.1, 0.15) is 0 Å². The topological polar surface area (TPSA) is 69.8 Å². The molecule has 0 saturated carbocycles. The number of nitrogens with two attached hydrogens (primary N) is 1. The minimum atomic E-state index is -0.868. The fraction of sp³-hybridized carbons (Fsp3) is 0.364. The molecule has 0 aromatic heterocycles. The first-order chi connectivity index (χ1) is 8.08. The minimum Gasteiger partial charge on any atom is -0.465 e. The Bertz CT molecular complexity index is 431. The van der Waals surface area contributed by atoms with Crippen LogP contribution in [0.4, 0.5) is 16.2 Å². The number of carboxylic acid groups (broad SMARTS) is 1. The standard InChI is InChI=1S/C11H14ClN3O2/c12-9-7-8(13)1-2-10(9)14-3-5-15(6-4-14)11(16)17/h1-2,7H,3-6,13H2,(H,16,17). The van der Waals surface area contributed by atoms with Gasteiger partial charge in [-0.2, -0.15) is 0 Å². The maximum absolute atomic E-state index is 10.8. The molecule has 3 N–H and O–H groups in total. The lowest BCUT2D eigenvalue weighted by atomic mass is 10.2. The van der Waals surface area contributed by atoms with E-state index < -0.39 is 6.09 Å². The minimum absolute atomic E-state index is 0.496. The van der Waals surface area contributed by atoms with Crippen LogP contribution in [0, 0.1) is 0 Å². The molecule has 1 aliphatic rings. The molecule has 0 radical (unpaired) electrons. The van der Waals surface area contributed by atoms with Crippen LogP contribution in [0.5, 0.6) is 0 Å². The number of amides is 1. The molecule has 2 rings (SSSR count). The van der Waals surface area contributed by atoms with E-state index in [-0.39, 0.29) is 0 Å². The molecule has 0 bridgehead atoms. The highest BCUT2D eigenvalue weighted by atomic mass is 35.5. The van der Waals surface area contributed by atoms with Crippen molar-refractivity contribution in [2.45, 2.75) is 0 Å². The summed E-state index contributed by atoms with van der Waals surface area (Å²) in [5.41, 5.74) is 7.17. The zero-order chi connectivity index (χ0) is 12.4. The maximum Gasteiger partial charge on any atom is 0.407 e. The highest BCUT2D eigenvalue weighted by Crippen LogP contribution is 2.28. The van der Waals surface area contributed by atoms with E-state index in [0.29, 0.717) is 36.9 Å². The summed E-state index contributed by atoms with van der Waals surface area (Å²) in [4.78, 5) is 14.2. The molecule has 1 amide bonds. The third-order valence-electron chi connectivity index (χ3n) is 2.86. The number of hydrogen-bond donors (Lipinski definition) is 2. The fourth-order valence-electron chi connectivity index (χ4n) is 1.92. The predicted molar refractivity (Wildman–Crippen MR) is 67.7 cm³/mol. The van der Waals surface area contributed by atoms with Crippen molar-refractivity contribution in [2.75, 3.05) is 36.8 Å². The van der Waals surface area contributed by atoms with Gasteiger partial charge in [-0.05, 0) is 18.2 Å². The Kier molecular flexibility index (Phi) is 3.28. The lowest BCUT2D eigenvalue weighted by Crippen LogP contribution is -2.48. The van der Waals surface area contributed by atoms with Crippen molar-refractivity contribution >= 4 is 29.1 Å². The van der Waals surface area contributed by atoms with Crippen LogP contribution in [-0.4, -0.2) is 42.3 Å². The lowest BCUT2D eigenvalue weighted by molar-refractivity contribution is 0.142. The summed E-state index contributed by atoms with van der Waals surface area (Å²) in [6.45, 7) is 2.29. The van der Waals surface area contributed by atoms with Crippen LogP contribution in [0.15, 0.2) is 18.2 Å². The van der Waals surface area contributed by atoms with Gasteiger partial charge in [-0.3, -0.25) is 0 Å². The lowest BCUT2D eigenvalue weighted by Gasteiger charge is -2.35. The van der Waals surface area contributed by atoms with Gasteiger partial charge in [0.25, 0.3) is 0 Å². The third kappa shape index (κ3) is 2.55. The fourth-order valence-corrected chi connectivity index (χ4v) is 2.23. The first-order valence-corrected chi connectivity index (χ1v) is 5.73. The molecule has 0 atom stereocenters. The molecule has 1 fully saturated rings. The maximum atomic E-state index is 10.8. The SMILES string of the molecule is Nc1ccc(N2CCN(C(=O)O)CC2)c(Cl)c1. The van der Waals surface area contributed by atoms with E-state index in [0.717, 1.165) is 5.69 Å². The van der Waals surface area contributed by atoms with Crippen molar-refractivity contribution in [1.29, 1.82) is 0 Å². The van der Waals surface area contributed by atoms with Gasteiger partial charge >= 0.3 is 6.09 Å². The first-order valence-electron chi connectivity index (χ1n) is 5.36. The normalized spacial score (nSPS) is 16.1. The van der Waals surface area contributed by atoms with Gasteiger partial charge in [0.15, 0.2) is 0 Å². The monoisotopic (exact) mass is 255 g/mol. The van der Waals surface area contributed by atoms with Crippen LogP contribution < -0.4 is 10.6 Å². The number of carbonyl (C=O) groups is 1. The average molecular weight is 256 g/mol. The zero-order valence-electron chi connectivity index (χ0n) is 9.27. The largest absolute Gasteiger partial charge is 0.465 e. The summed E-state index contributed by atoms with van der Waals surface area (Å²) in [7, 11) is 0. The van der Waals surface area contributed by atoms with E-state index in [4.69, 9.17) is 22.4 Å².